The van der Waals surface area contributed by atoms with Crippen LogP contribution in [0.1, 0.15) is 54.3 Å². The number of hydrogen-bond acceptors (Lipinski definition) is 5. The Hall–Kier alpha value is -3.97. The van der Waals surface area contributed by atoms with Gasteiger partial charge in [-0.05, 0) is 50.6 Å². The molecule has 1 N–H and O–H groups in total. The molecule has 0 amide bonds. The molecule has 5 aromatic rings. The number of fused-ring (bicyclic) bond motifs is 1. The van der Waals surface area contributed by atoms with Crippen LogP contribution in [0.25, 0.3) is 33.3 Å². The van der Waals surface area contributed by atoms with E-state index < -0.39 is 5.97 Å². The average Bonchev–Trinajstić information content (AvgIpc) is 3.39. The van der Waals surface area contributed by atoms with Crippen LogP contribution in [-0.4, -0.2) is 30.8 Å². The number of aromatic nitrogens is 4. The lowest BCUT2D eigenvalue weighted by molar-refractivity contribution is 0.0697. The Labute approximate surface area is 214 Å². The molecule has 1 aromatic carbocycles. The first-order valence-corrected chi connectivity index (χ1v) is 11.6. The minimum atomic E-state index is -1.02. The molecule has 0 aliphatic carbocycles. The number of benzene rings is 1. The van der Waals surface area contributed by atoms with Crippen LogP contribution in [-0.2, 0) is 0 Å². The van der Waals surface area contributed by atoms with Crippen molar-refractivity contribution in [3.05, 3.63) is 88.8 Å². The van der Waals surface area contributed by atoms with E-state index in [1.54, 1.807) is 18.3 Å². The van der Waals surface area contributed by atoms with Crippen molar-refractivity contribution >= 4 is 28.6 Å². The Morgan fingerprint density at radius 2 is 1.94 bits per heavy atom. The van der Waals surface area contributed by atoms with Crippen LogP contribution in [0, 0.1) is 13.8 Å². The Balaban J connectivity index is 0.00000304. The van der Waals surface area contributed by atoms with Crippen LogP contribution in [0.3, 0.4) is 0 Å². The number of pyridine rings is 2. The van der Waals surface area contributed by atoms with Crippen LogP contribution >= 0.6 is 11.6 Å². The Morgan fingerprint density at radius 3 is 2.56 bits per heavy atom. The summed E-state index contributed by atoms with van der Waals surface area (Å²) in [6.45, 7) is 5.91. The number of carboxylic acids is 1. The van der Waals surface area contributed by atoms with E-state index in [-0.39, 0.29) is 19.0 Å². The molecular weight excluding hydrogens is 476 g/mol. The number of hydrogen-bond donors (Lipinski definition) is 1. The summed E-state index contributed by atoms with van der Waals surface area (Å²) in [6, 6.07) is 12.7. The van der Waals surface area contributed by atoms with Gasteiger partial charge in [0.05, 0.1) is 34.0 Å². The van der Waals surface area contributed by atoms with Gasteiger partial charge in [0.15, 0.2) is 0 Å². The van der Waals surface area contributed by atoms with Crippen LogP contribution in [0.4, 0.5) is 0 Å². The molecule has 7 nitrogen and oxygen atoms in total. The van der Waals surface area contributed by atoms with Gasteiger partial charge in [-0.25, -0.2) is 4.79 Å². The molecule has 4 aromatic heterocycles. The summed E-state index contributed by atoms with van der Waals surface area (Å²) < 4.78 is 7.56. The van der Waals surface area contributed by atoms with Gasteiger partial charge < -0.3 is 14.2 Å². The lowest BCUT2D eigenvalue weighted by Gasteiger charge is -2.18. The van der Waals surface area contributed by atoms with Gasteiger partial charge >= 0.3 is 5.97 Å². The van der Waals surface area contributed by atoms with Gasteiger partial charge in [-0.15, -0.1) is 0 Å². The van der Waals surface area contributed by atoms with Gasteiger partial charge in [-0.1, -0.05) is 43.2 Å². The third-order valence-corrected chi connectivity index (χ3v) is 6.56. The third-order valence-electron chi connectivity index (χ3n) is 6.25. The normalized spacial score (nSPS) is 11.9. The molecule has 0 radical (unpaired) electrons. The fraction of sp³-hybridized carbons (Fsp3) is 0.214. The van der Waals surface area contributed by atoms with Crippen molar-refractivity contribution in [3.8, 4) is 22.3 Å². The zero-order chi connectivity index (χ0) is 24.7. The highest BCUT2D eigenvalue weighted by Gasteiger charge is 2.22. The second-order valence-corrected chi connectivity index (χ2v) is 8.83. The SMILES string of the molecule is C.CC[C@@H](c1ccccn1)n1cc(-c2ccc(C(=O)O)cc2Cl)c2ncc(-c3c(C)noc3C)cc21. The van der Waals surface area contributed by atoms with Gasteiger partial charge in [-0.3, -0.25) is 9.97 Å². The van der Waals surface area contributed by atoms with Gasteiger partial charge in [0.25, 0.3) is 0 Å². The molecule has 184 valence electrons. The minimum Gasteiger partial charge on any atom is -0.478 e. The van der Waals surface area contributed by atoms with E-state index in [1.165, 1.54) is 6.07 Å². The predicted molar refractivity (Wildman–Crippen MR) is 142 cm³/mol. The molecule has 0 unspecified atom stereocenters. The number of aromatic carboxylic acids is 1. The summed E-state index contributed by atoms with van der Waals surface area (Å²) in [4.78, 5) is 20.9. The quantitative estimate of drug-likeness (QED) is 0.260. The fourth-order valence-electron chi connectivity index (χ4n) is 4.60. The Morgan fingerprint density at radius 1 is 1.14 bits per heavy atom. The Bertz CT molecular complexity index is 1540. The van der Waals surface area contributed by atoms with Crippen molar-refractivity contribution in [2.75, 3.05) is 0 Å². The highest BCUT2D eigenvalue weighted by Crippen LogP contribution is 2.39. The Kier molecular flexibility index (Phi) is 6.95. The maximum Gasteiger partial charge on any atom is 0.335 e. The number of carboxylic acid groups (broad SMARTS) is 1. The molecule has 8 heteroatoms. The van der Waals surface area contributed by atoms with Crippen molar-refractivity contribution < 1.29 is 14.4 Å². The number of rotatable bonds is 6. The topological polar surface area (TPSA) is 94.0 Å². The summed E-state index contributed by atoms with van der Waals surface area (Å²) in [5.74, 6) is -0.296. The number of halogens is 1. The lowest BCUT2D eigenvalue weighted by Crippen LogP contribution is -2.10. The van der Waals surface area contributed by atoms with E-state index >= 15 is 0 Å². The van der Waals surface area contributed by atoms with Crippen molar-refractivity contribution in [2.24, 2.45) is 0 Å². The summed E-state index contributed by atoms with van der Waals surface area (Å²) >= 11 is 6.57. The lowest BCUT2D eigenvalue weighted by atomic mass is 10.0. The van der Waals surface area contributed by atoms with Gasteiger partial charge in [0, 0.05) is 45.9 Å². The summed E-state index contributed by atoms with van der Waals surface area (Å²) in [7, 11) is 0. The fourth-order valence-corrected chi connectivity index (χ4v) is 4.88. The van der Waals surface area contributed by atoms with Crippen LogP contribution in [0.5, 0.6) is 0 Å². The summed E-state index contributed by atoms with van der Waals surface area (Å²) in [5, 5.41) is 13.8. The van der Waals surface area contributed by atoms with E-state index in [9.17, 15) is 9.90 Å². The molecule has 0 saturated heterocycles. The third kappa shape index (κ3) is 4.27. The molecule has 1 atom stereocenters. The van der Waals surface area contributed by atoms with Gasteiger partial charge in [0.2, 0.25) is 0 Å². The summed E-state index contributed by atoms with van der Waals surface area (Å²) in [6.07, 6.45) is 6.43. The largest absolute Gasteiger partial charge is 0.478 e. The zero-order valence-corrected chi connectivity index (χ0v) is 20.2. The van der Waals surface area contributed by atoms with Crippen molar-refractivity contribution in [3.63, 3.8) is 0 Å². The van der Waals surface area contributed by atoms with Crippen LogP contribution < -0.4 is 0 Å². The highest BCUT2D eigenvalue weighted by molar-refractivity contribution is 6.34. The van der Waals surface area contributed by atoms with Crippen molar-refractivity contribution in [2.45, 2.75) is 40.7 Å². The molecule has 36 heavy (non-hydrogen) atoms. The van der Waals surface area contributed by atoms with Crippen molar-refractivity contribution in [1.82, 2.24) is 19.7 Å². The first-order chi connectivity index (χ1) is 16.9. The zero-order valence-electron chi connectivity index (χ0n) is 19.5. The highest BCUT2D eigenvalue weighted by atomic mass is 35.5. The monoisotopic (exact) mass is 502 g/mol. The molecule has 4 heterocycles. The van der Waals surface area contributed by atoms with E-state index in [1.807, 2.05) is 44.4 Å². The molecule has 0 spiro atoms. The van der Waals surface area contributed by atoms with Crippen LogP contribution in [0.2, 0.25) is 5.02 Å². The van der Waals surface area contributed by atoms with E-state index in [4.69, 9.17) is 21.1 Å². The molecular formula is C28H27ClN4O3. The number of aryl methyl sites for hydroxylation is 2. The molecule has 0 saturated carbocycles. The van der Waals surface area contributed by atoms with E-state index in [0.717, 1.165) is 51.3 Å². The minimum absolute atomic E-state index is 0. The number of carbonyl (C=O) groups is 1. The molecule has 5 rings (SSSR count). The average molecular weight is 503 g/mol. The first kappa shape index (κ1) is 25.1. The number of nitrogens with zero attached hydrogens (tertiary/aromatic N) is 4. The standard InChI is InChI=1S/C27H23ClN4O3.CH4/c1-4-23(22-7-5-6-10-29-22)32-14-20(19-9-8-17(27(33)34)11-21(19)28)26-24(32)12-18(13-30-26)25-15(2)31-35-16(25)3;/h5-14,23H,4H2,1-3H3,(H,33,34);1H4/t23-;/m0./s1. The van der Waals surface area contributed by atoms with E-state index in [2.05, 4.69) is 27.7 Å². The maximum absolute atomic E-state index is 11.4. The molecule has 0 fully saturated rings. The first-order valence-electron chi connectivity index (χ1n) is 11.3. The van der Waals surface area contributed by atoms with Crippen molar-refractivity contribution in [1.29, 1.82) is 0 Å². The molecule has 0 bridgehead atoms. The van der Waals surface area contributed by atoms with Gasteiger partial charge in [0.1, 0.15) is 5.76 Å². The predicted octanol–water partition coefficient (Wildman–Crippen LogP) is 7.36. The van der Waals surface area contributed by atoms with Crippen LogP contribution in [0.15, 0.2) is 65.6 Å². The van der Waals surface area contributed by atoms with Gasteiger partial charge in [-0.2, -0.15) is 0 Å². The molecule has 0 aliphatic heterocycles. The maximum atomic E-state index is 11.4. The smallest absolute Gasteiger partial charge is 0.335 e. The molecule has 0 aliphatic rings. The second-order valence-electron chi connectivity index (χ2n) is 8.42. The van der Waals surface area contributed by atoms with E-state index in [0.29, 0.717) is 10.6 Å². The summed E-state index contributed by atoms with van der Waals surface area (Å²) in [5.41, 5.74) is 6.91. The second kappa shape index (κ2) is 9.95.